The molecule has 9 nitrogen and oxygen atoms in total. The predicted molar refractivity (Wildman–Crippen MR) is 151 cm³/mol. The van der Waals surface area contributed by atoms with Crippen molar-refractivity contribution in [1.82, 2.24) is 0 Å². The highest BCUT2D eigenvalue weighted by Crippen LogP contribution is 2.29. The van der Waals surface area contributed by atoms with Gasteiger partial charge >= 0.3 is 12.1 Å². The number of cyclic esters (lactones) is 1. The molecule has 0 radical (unpaired) electrons. The highest BCUT2D eigenvalue weighted by Gasteiger charge is 2.40. The van der Waals surface area contributed by atoms with Gasteiger partial charge in [-0.15, -0.1) is 0 Å². The van der Waals surface area contributed by atoms with Gasteiger partial charge in [0.05, 0.1) is 30.3 Å². The molecule has 1 heterocycles. The summed E-state index contributed by atoms with van der Waals surface area (Å²) in [6, 6.07) is 0. The lowest BCUT2D eigenvalue weighted by Crippen LogP contribution is -2.47. The third kappa shape index (κ3) is 12.8. The molecule has 0 spiro atoms. The number of amides is 1. The molecule has 1 saturated heterocycles. The van der Waals surface area contributed by atoms with Gasteiger partial charge in [-0.2, -0.15) is 0 Å². The Morgan fingerprint density at radius 2 is 1.77 bits per heavy atom. The number of aliphatic hydroxyl groups excluding tert-OH is 4. The van der Waals surface area contributed by atoms with E-state index in [2.05, 4.69) is 6.92 Å². The van der Waals surface area contributed by atoms with E-state index in [-0.39, 0.29) is 30.3 Å². The second-order valence-electron chi connectivity index (χ2n) is 11.5. The molecule has 0 aromatic rings. The number of carbonyl (C=O) groups excluding carboxylic acids is 2. The zero-order valence-electron chi connectivity index (χ0n) is 24.7. The minimum Gasteiger partial charge on any atom is -0.462 e. The van der Waals surface area contributed by atoms with Gasteiger partial charge in [0.1, 0.15) is 12.2 Å². The van der Waals surface area contributed by atoms with Crippen LogP contribution in [0.1, 0.15) is 92.9 Å². The maximum absolute atomic E-state index is 11.9. The van der Waals surface area contributed by atoms with Crippen LogP contribution in [0.4, 0.5) is 4.79 Å². The van der Waals surface area contributed by atoms with Crippen molar-refractivity contribution in [3.63, 3.8) is 0 Å². The van der Waals surface area contributed by atoms with E-state index in [1.165, 1.54) is 0 Å². The van der Waals surface area contributed by atoms with Gasteiger partial charge in [-0.3, -0.25) is 4.79 Å². The first-order chi connectivity index (χ1) is 18.3. The van der Waals surface area contributed by atoms with Crippen LogP contribution in [-0.4, -0.2) is 69.1 Å². The van der Waals surface area contributed by atoms with Gasteiger partial charge in [0.2, 0.25) is 0 Å². The van der Waals surface area contributed by atoms with Gasteiger partial charge in [-0.05, 0) is 39.5 Å². The number of nitrogens with two attached hydrogens (primary N) is 1. The normalized spacial score (nSPS) is 26.9. The number of unbranched alkanes of at least 4 members (excludes halogenated alkanes) is 2. The molecule has 0 unspecified atom stereocenters. The van der Waals surface area contributed by atoms with Crippen molar-refractivity contribution < 1.29 is 39.5 Å². The Morgan fingerprint density at radius 3 is 2.38 bits per heavy atom. The zero-order chi connectivity index (χ0) is 29.7. The summed E-state index contributed by atoms with van der Waals surface area (Å²) in [6.45, 7) is 11.3. The molecule has 1 amide bonds. The summed E-state index contributed by atoms with van der Waals surface area (Å²) >= 11 is 0. The third-order valence-corrected chi connectivity index (χ3v) is 7.83. The number of rotatable bonds is 17. The number of hydrogen-bond donors (Lipinski definition) is 5. The van der Waals surface area contributed by atoms with E-state index in [1.54, 1.807) is 26.0 Å². The Kier molecular flexibility index (Phi) is 15.9. The summed E-state index contributed by atoms with van der Waals surface area (Å²) in [5.41, 5.74) is 6.22. The molecule has 1 rings (SSSR count). The first kappa shape index (κ1) is 35.1. The van der Waals surface area contributed by atoms with Gasteiger partial charge in [0.15, 0.2) is 0 Å². The number of allylic oxidation sites excluding steroid dienone is 1. The second-order valence-corrected chi connectivity index (χ2v) is 11.5. The second kappa shape index (κ2) is 17.7. The van der Waals surface area contributed by atoms with Crippen LogP contribution in [-0.2, 0) is 14.3 Å². The van der Waals surface area contributed by atoms with E-state index in [0.717, 1.165) is 24.8 Å². The average Bonchev–Trinajstić information content (AvgIpc) is 2.87. The topological polar surface area (TPSA) is 160 Å². The van der Waals surface area contributed by atoms with E-state index >= 15 is 0 Å². The molecular weight excluding hydrogens is 502 g/mol. The Morgan fingerprint density at radius 1 is 1.10 bits per heavy atom. The highest BCUT2D eigenvalue weighted by atomic mass is 16.6. The number of primary amides is 1. The lowest BCUT2D eigenvalue weighted by atomic mass is 9.84. The van der Waals surface area contributed by atoms with Crippen LogP contribution in [0.2, 0.25) is 0 Å². The third-order valence-electron chi connectivity index (χ3n) is 7.83. The molecule has 0 aliphatic carbocycles. The molecule has 10 atom stereocenters. The highest BCUT2D eigenvalue weighted by molar-refractivity contribution is 5.73. The Balaban J connectivity index is 2.55. The SMILES string of the molecule is CCCCC[C@@H](C[C@H](O)CC/C(C)=C\[C@H](C)[C@@H](O)[C@@H](C)/C=C\[C@@H](O)C[C@@H]1OC(=O)[C@H](C)[C@@H](O)[C@H]1C)OC(N)=O. The van der Waals surface area contributed by atoms with Gasteiger partial charge in [-0.25, -0.2) is 4.79 Å². The number of aliphatic hydroxyl groups is 4. The van der Waals surface area contributed by atoms with Gasteiger partial charge in [-0.1, -0.05) is 64.3 Å². The van der Waals surface area contributed by atoms with Crippen LogP contribution in [0, 0.1) is 23.7 Å². The lowest BCUT2D eigenvalue weighted by Gasteiger charge is -2.36. The maximum Gasteiger partial charge on any atom is 0.404 e. The van der Waals surface area contributed by atoms with E-state index < -0.39 is 48.5 Å². The standard InChI is InChI=1S/C30H53NO8/c1-7-8-9-10-25(38-30(31)37)16-23(32)13-11-18(2)15-20(4)27(34)19(3)12-14-24(33)17-26-21(5)28(35)22(6)29(36)39-26/h12,14-15,19-28,32-35H,7-11,13,16-17H2,1-6H3,(H2,31,37)/b14-12-,18-15-/t19-,20-,21-,22+,23+,24+,25-,26-,27-,28-/m0/s1. The van der Waals surface area contributed by atoms with E-state index in [1.807, 2.05) is 26.8 Å². The average molecular weight is 556 g/mol. The minimum atomic E-state index is -0.876. The van der Waals surface area contributed by atoms with Gasteiger partial charge < -0.3 is 35.6 Å². The van der Waals surface area contributed by atoms with Gasteiger partial charge in [0.25, 0.3) is 0 Å². The smallest absolute Gasteiger partial charge is 0.404 e. The molecule has 0 aromatic heterocycles. The van der Waals surface area contributed by atoms with Crippen molar-refractivity contribution >= 4 is 12.1 Å². The summed E-state index contributed by atoms with van der Waals surface area (Å²) in [6.07, 6.45) is 5.92. The van der Waals surface area contributed by atoms with Crippen molar-refractivity contribution in [1.29, 1.82) is 0 Å². The monoisotopic (exact) mass is 555 g/mol. The zero-order valence-corrected chi connectivity index (χ0v) is 24.7. The molecular formula is C30H53NO8. The summed E-state index contributed by atoms with van der Waals surface area (Å²) < 4.78 is 10.6. The number of esters is 1. The number of carbonyl (C=O) groups is 2. The van der Waals surface area contributed by atoms with Crippen molar-refractivity contribution in [2.45, 2.75) is 130 Å². The molecule has 226 valence electrons. The molecule has 1 aliphatic heterocycles. The molecule has 0 saturated carbocycles. The molecule has 1 fully saturated rings. The number of hydrogen-bond acceptors (Lipinski definition) is 8. The van der Waals surface area contributed by atoms with Crippen molar-refractivity contribution in [2.75, 3.05) is 0 Å². The Labute approximate surface area is 234 Å². The molecule has 0 aromatic carbocycles. The summed E-state index contributed by atoms with van der Waals surface area (Å²) in [4.78, 5) is 23.1. The summed E-state index contributed by atoms with van der Waals surface area (Å²) in [5, 5.41) is 42.0. The fraction of sp³-hybridized carbons (Fsp3) is 0.800. The molecule has 39 heavy (non-hydrogen) atoms. The van der Waals surface area contributed by atoms with Crippen LogP contribution in [0.25, 0.3) is 0 Å². The first-order valence-electron chi connectivity index (χ1n) is 14.5. The first-order valence-corrected chi connectivity index (χ1v) is 14.5. The quantitative estimate of drug-likeness (QED) is 0.102. The van der Waals surface area contributed by atoms with Crippen LogP contribution in [0.15, 0.2) is 23.8 Å². The van der Waals surface area contributed by atoms with E-state index in [0.29, 0.717) is 25.7 Å². The Hall–Kier alpha value is -1.94. The predicted octanol–water partition coefficient (Wildman–Crippen LogP) is 4.01. The molecule has 6 N–H and O–H groups in total. The summed E-state index contributed by atoms with van der Waals surface area (Å²) in [5.74, 6) is -1.72. The van der Waals surface area contributed by atoms with Crippen LogP contribution in [0.3, 0.4) is 0 Å². The number of ether oxygens (including phenoxy) is 2. The van der Waals surface area contributed by atoms with Gasteiger partial charge in [0, 0.05) is 30.6 Å². The van der Waals surface area contributed by atoms with E-state index in [9.17, 15) is 30.0 Å². The van der Waals surface area contributed by atoms with Crippen LogP contribution >= 0.6 is 0 Å². The Bertz CT molecular complexity index is 800. The molecule has 1 aliphatic rings. The lowest BCUT2D eigenvalue weighted by molar-refractivity contribution is -0.179. The van der Waals surface area contributed by atoms with Crippen molar-refractivity contribution in [3.8, 4) is 0 Å². The van der Waals surface area contributed by atoms with Crippen LogP contribution in [0.5, 0.6) is 0 Å². The molecule has 0 bridgehead atoms. The minimum absolute atomic E-state index is 0.158. The van der Waals surface area contributed by atoms with Crippen LogP contribution < -0.4 is 5.73 Å². The summed E-state index contributed by atoms with van der Waals surface area (Å²) in [7, 11) is 0. The largest absolute Gasteiger partial charge is 0.462 e. The maximum atomic E-state index is 11.9. The molecule has 9 heteroatoms. The fourth-order valence-electron chi connectivity index (χ4n) is 5.11. The van der Waals surface area contributed by atoms with E-state index in [4.69, 9.17) is 15.2 Å². The fourth-order valence-corrected chi connectivity index (χ4v) is 5.11. The van der Waals surface area contributed by atoms with Crippen molar-refractivity contribution in [2.24, 2.45) is 29.4 Å². The van der Waals surface area contributed by atoms with Crippen molar-refractivity contribution in [3.05, 3.63) is 23.8 Å².